The van der Waals surface area contributed by atoms with E-state index in [1.165, 1.54) is 6.07 Å². The number of phenolic OH excluding ortho intramolecular Hbond substituents is 3. The van der Waals surface area contributed by atoms with E-state index in [-0.39, 0.29) is 17.2 Å². The Morgan fingerprint density at radius 1 is 0.400 bits per heavy atom. The lowest BCUT2D eigenvalue weighted by Crippen LogP contribution is -1.76. The Morgan fingerprint density at radius 2 is 0.760 bits per heavy atom. The summed E-state index contributed by atoms with van der Waals surface area (Å²) in [4.78, 5) is 0. The molecule has 0 amide bonds. The number of rotatable bonds is 4. The van der Waals surface area contributed by atoms with Crippen LogP contribution in [0.1, 0.15) is 22.3 Å². The zero-order valence-electron chi connectivity index (χ0n) is 13.5. The Morgan fingerprint density at radius 3 is 1.20 bits per heavy atom. The fraction of sp³-hybridized carbons (Fsp3) is 0. The summed E-state index contributed by atoms with van der Waals surface area (Å²) in [5, 5.41) is 28.2. The molecular weight excluding hydrogens is 312 g/mol. The van der Waals surface area contributed by atoms with Crippen LogP contribution in [0.25, 0.3) is 24.3 Å². The van der Waals surface area contributed by atoms with E-state index in [9.17, 15) is 15.3 Å². The minimum absolute atomic E-state index is 0.0364. The highest BCUT2D eigenvalue weighted by Crippen LogP contribution is 2.22. The number of hydrogen-bond acceptors (Lipinski definition) is 3. The van der Waals surface area contributed by atoms with Crippen LogP contribution in [0, 0.1) is 0 Å². The highest BCUT2D eigenvalue weighted by molar-refractivity contribution is 5.73. The molecule has 124 valence electrons. The molecule has 3 heteroatoms. The van der Waals surface area contributed by atoms with Crippen molar-refractivity contribution < 1.29 is 15.3 Å². The van der Waals surface area contributed by atoms with Crippen LogP contribution in [0.5, 0.6) is 17.2 Å². The van der Waals surface area contributed by atoms with Gasteiger partial charge in [0.2, 0.25) is 0 Å². The molecule has 0 aliphatic heterocycles. The monoisotopic (exact) mass is 330 g/mol. The van der Waals surface area contributed by atoms with Gasteiger partial charge in [0.1, 0.15) is 17.2 Å². The summed E-state index contributed by atoms with van der Waals surface area (Å²) < 4.78 is 0. The van der Waals surface area contributed by atoms with E-state index in [1.807, 2.05) is 60.7 Å². The molecule has 0 radical (unpaired) electrons. The van der Waals surface area contributed by atoms with Gasteiger partial charge in [-0.3, -0.25) is 0 Å². The van der Waals surface area contributed by atoms with Crippen molar-refractivity contribution in [2.24, 2.45) is 0 Å². The van der Waals surface area contributed by atoms with Gasteiger partial charge < -0.3 is 15.3 Å². The van der Waals surface area contributed by atoms with E-state index in [0.29, 0.717) is 0 Å². The van der Waals surface area contributed by atoms with Crippen LogP contribution in [0.2, 0.25) is 0 Å². The topological polar surface area (TPSA) is 60.7 Å². The van der Waals surface area contributed by atoms with Crippen LogP contribution in [0.4, 0.5) is 0 Å². The van der Waals surface area contributed by atoms with Crippen molar-refractivity contribution in [3.8, 4) is 17.2 Å². The van der Waals surface area contributed by atoms with Crippen LogP contribution in [0.3, 0.4) is 0 Å². The third-order valence-electron chi connectivity index (χ3n) is 3.69. The Bertz CT molecular complexity index is 885. The van der Waals surface area contributed by atoms with Gasteiger partial charge in [0, 0.05) is 6.07 Å². The lowest BCUT2D eigenvalue weighted by molar-refractivity contribution is 0.450. The first-order valence-corrected chi connectivity index (χ1v) is 7.87. The molecule has 25 heavy (non-hydrogen) atoms. The summed E-state index contributed by atoms with van der Waals surface area (Å²) in [5.74, 6) is 0.331. The first-order valence-electron chi connectivity index (χ1n) is 7.87. The predicted octanol–water partition coefficient (Wildman–Crippen LogP) is 5.14. The summed E-state index contributed by atoms with van der Waals surface area (Å²) in [6, 6.07) is 19.5. The first kappa shape index (κ1) is 16.4. The number of phenols is 3. The molecule has 0 heterocycles. The van der Waals surface area contributed by atoms with E-state index >= 15 is 0 Å². The SMILES string of the molecule is Oc1ccc(/C=C/c2ccc(/C=C/c3cc(O)cc(O)c3)cc2)cc1. The quantitative estimate of drug-likeness (QED) is 0.580. The average molecular weight is 330 g/mol. The maximum absolute atomic E-state index is 9.48. The highest BCUT2D eigenvalue weighted by atomic mass is 16.3. The minimum Gasteiger partial charge on any atom is -0.508 e. The molecule has 3 N–H and O–H groups in total. The van der Waals surface area contributed by atoms with Crippen molar-refractivity contribution in [1.82, 2.24) is 0 Å². The fourth-order valence-corrected chi connectivity index (χ4v) is 2.40. The van der Waals surface area contributed by atoms with Crippen molar-refractivity contribution in [3.05, 3.63) is 89.0 Å². The molecule has 3 nitrogen and oxygen atoms in total. The van der Waals surface area contributed by atoms with Gasteiger partial charge in [0.05, 0.1) is 0 Å². The second-order valence-corrected chi connectivity index (χ2v) is 5.71. The van der Waals surface area contributed by atoms with Crippen molar-refractivity contribution >= 4 is 24.3 Å². The second-order valence-electron chi connectivity index (χ2n) is 5.71. The smallest absolute Gasteiger partial charge is 0.119 e. The Kier molecular flexibility index (Phi) is 4.86. The summed E-state index contributed by atoms with van der Waals surface area (Å²) in [7, 11) is 0. The van der Waals surface area contributed by atoms with Gasteiger partial charge in [0.15, 0.2) is 0 Å². The molecule has 3 aromatic carbocycles. The van der Waals surface area contributed by atoms with Crippen LogP contribution < -0.4 is 0 Å². The molecule has 0 bridgehead atoms. The van der Waals surface area contributed by atoms with Crippen molar-refractivity contribution in [2.45, 2.75) is 0 Å². The fourth-order valence-electron chi connectivity index (χ4n) is 2.40. The standard InChI is InChI=1S/C22H18O3/c23-20-11-9-18(10-12-20)6-5-16-1-3-17(4-2-16)7-8-19-13-21(24)15-22(25)14-19/h1-15,23-25H/b6-5+,8-7+. The number of benzene rings is 3. The third kappa shape index (κ3) is 4.75. The summed E-state index contributed by atoms with van der Waals surface area (Å²) in [6.07, 6.45) is 7.75. The molecule has 0 unspecified atom stereocenters. The van der Waals surface area contributed by atoms with Gasteiger partial charge in [0.25, 0.3) is 0 Å². The van der Waals surface area contributed by atoms with Gasteiger partial charge in [-0.15, -0.1) is 0 Å². The lowest BCUT2D eigenvalue weighted by atomic mass is 10.1. The Labute approximate surface area is 146 Å². The van der Waals surface area contributed by atoms with Gasteiger partial charge in [-0.25, -0.2) is 0 Å². The Balaban J connectivity index is 1.69. The summed E-state index contributed by atoms with van der Waals surface area (Å²) in [6.45, 7) is 0. The third-order valence-corrected chi connectivity index (χ3v) is 3.69. The van der Waals surface area contributed by atoms with Crippen LogP contribution in [-0.4, -0.2) is 15.3 Å². The van der Waals surface area contributed by atoms with Gasteiger partial charge >= 0.3 is 0 Å². The molecule has 3 aromatic rings. The largest absolute Gasteiger partial charge is 0.508 e. The molecule has 0 spiro atoms. The molecule has 0 atom stereocenters. The Hall–Kier alpha value is -3.46. The van der Waals surface area contributed by atoms with Gasteiger partial charge in [-0.2, -0.15) is 0 Å². The molecule has 0 aliphatic rings. The summed E-state index contributed by atoms with van der Waals surface area (Å²) in [5.41, 5.74) is 3.84. The molecule has 0 aromatic heterocycles. The maximum atomic E-state index is 9.48. The average Bonchev–Trinajstić information content (AvgIpc) is 2.60. The number of aromatic hydroxyl groups is 3. The van der Waals surface area contributed by atoms with E-state index in [1.54, 1.807) is 24.3 Å². The molecule has 3 rings (SSSR count). The van der Waals surface area contributed by atoms with Crippen molar-refractivity contribution in [2.75, 3.05) is 0 Å². The van der Waals surface area contributed by atoms with E-state index in [2.05, 4.69) is 0 Å². The minimum atomic E-state index is 0.0364. The van der Waals surface area contributed by atoms with Crippen LogP contribution >= 0.6 is 0 Å². The van der Waals surface area contributed by atoms with E-state index in [0.717, 1.165) is 22.3 Å². The predicted molar refractivity (Wildman–Crippen MR) is 102 cm³/mol. The molecule has 0 saturated heterocycles. The molecule has 0 aliphatic carbocycles. The zero-order valence-corrected chi connectivity index (χ0v) is 13.5. The number of hydrogen-bond donors (Lipinski definition) is 3. The van der Waals surface area contributed by atoms with Gasteiger partial charge in [-0.05, 0) is 46.5 Å². The molecule has 0 fully saturated rings. The molecular formula is C22H18O3. The first-order chi connectivity index (χ1) is 12.1. The van der Waals surface area contributed by atoms with E-state index < -0.39 is 0 Å². The highest BCUT2D eigenvalue weighted by Gasteiger charge is 1.96. The van der Waals surface area contributed by atoms with Crippen molar-refractivity contribution in [1.29, 1.82) is 0 Å². The normalized spacial score (nSPS) is 11.4. The van der Waals surface area contributed by atoms with Crippen LogP contribution in [0.15, 0.2) is 66.7 Å². The second kappa shape index (κ2) is 7.41. The zero-order chi connectivity index (χ0) is 17.6. The lowest BCUT2D eigenvalue weighted by Gasteiger charge is -1.99. The maximum Gasteiger partial charge on any atom is 0.119 e. The van der Waals surface area contributed by atoms with Crippen LogP contribution in [-0.2, 0) is 0 Å². The van der Waals surface area contributed by atoms with E-state index in [4.69, 9.17) is 0 Å². The molecule has 0 saturated carbocycles. The van der Waals surface area contributed by atoms with Gasteiger partial charge in [-0.1, -0.05) is 60.7 Å². The summed E-state index contributed by atoms with van der Waals surface area (Å²) >= 11 is 0. The van der Waals surface area contributed by atoms with Crippen molar-refractivity contribution in [3.63, 3.8) is 0 Å².